The van der Waals surface area contributed by atoms with Gasteiger partial charge >= 0.3 is 0 Å². The van der Waals surface area contributed by atoms with Gasteiger partial charge in [-0.25, -0.2) is 0 Å². The molecule has 20 heavy (non-hydrogen) atoms. The van der Waals surface area contributed by atoms with Crippen LogP contribution in [0.3, 0.4) is 0 Å². The maximum atomic E-state index is 4.44. The first-order valence-electron chi connectivity index (χ1n) is 7.47. The normalized spacial score (nSPS) is 24.4. The largest absolute Gasteiger partial charge is 0.352 e. The Labute approximate surface area is 119 Å². The van der Waals surface area contributed by atoms with Crippen molar-refractivity contribution in [3.8, 4) is 11.1 Å². The van der Waals surface area contributed by atoms with Crippen LogP contribution in [0.1, 0.15) is 25.0 Å². The monoisotopic (exact) mass is 265 g/mol. The van der Waals surface area contributed by atoms with Crippen molar-refractivity contribution < 1.29 is 0 Å². The lowest BCUT2D eigenvalue weighted by Crippen LogP contribution is -2.32. The Bertz CT molecular complexity index is 623. The molecule has 1 aromatic heterocycles. The van der Waals surface area contributed by atoms with Gasteiger partial charge < -0.3 is 4.90 Å². The van der Waals surface area contributed by atoms with Crippen LogP contribution in [0.25, 0.3) is 11.1 Å². The van der Waals surface area contributed by atoms with E-state index in [1.807, 2.05) is 13.0 Å². The third kappa shape index (κ3) is 1.89. The van der Waals surface area contributed by atoms with E-state index in [2.05, 4.69) is 45.4 Å². The van der Waals surface area contributed by atoms with Gasteiger partial charge in [0.05, 0.1) is 5.69 Å². The topological polar surface area (TPSA) is 29.0 Å². The van der Waals surface area contributed by atoms with Crippen molar-refractivity contribution in [1.29, 1.82) is 0 Å². The molecule has 1 aromatic carbocycles. The van der Waals surface area contributed by atoms with E-state index in [0.29, 0.717) is 6.04 Å². The molecule has 2 bridgehead atoms. The number of benzene rings is 1. The van der Waals surface area contributed by atoms with E-state index in [1.165, 1.54) is 30.4 Å². The quantitative estimate of drug-likeness (QED) is 0.833. The summed E-state index contributed by atoms with van der Waals surface area (Å²) in [4.78, 5) is 2.47. The van der Waals surface area contributed by atoms with Crippen molar-refractivity contribution in [2.75, 3.05) is 11.4 Å². The fourth-order valence-corrected chi connectivity index (χ4v) is 3.70. The van der Waals surface area contributed by atoms with Crippen molar-refractivity contribution >= 4 is 5.82 Å². The van der Waals surface area contributed by atoms with Crippen LogP contribution in [0.4, 0.5) is 5.82 Å². The molecule has 1 saturated heterocycles. The van der Waals surface area contributed by atoms with E-state index in [4.69, 9.17) is 0 Å². The number of piperidine rings is 1. The van der Waals surface area contributed by atoms with Crippen LogP contribution < -0.4 is 4.90 Å². The SMILES string of the molecule is Cc1nnc(N2CC3CCC2C3)cc1-c1ccccc1. The highest BCUT2D eigenvalue weighted by Gasteiger charge is 2.38. The summed E-state index contributed by atoms with van der Waals surface area (Å²) in [5.41, 5.74) is 3.44. The number of rotatable bonds is 2. The lowest BCUT2D eigenvalue weighted by molar-refractivity contribution is 0.548. The first kappa shape index (κ1) is 11.9. The standard InChI is InChI=1S/C17H19N3/c1-12-16(14-5-3-2-4-6-14)10-17(19-18-12)20-11-13-7-8-15(20)9-13/h2-6,10,13,15H,7-9,11H2,1H3. The predicted octanol–water partition coefficient (Wildman–Crippen LogP) is 3.44. The second-order valence-corrected chi connectivity index (χ2v) is 6.05. The molecule has 1 saturated carbocycles. The van der Waals surface area contributed by atoms with Crippen molar-refractivity contribution in [3.63, 3.8) is 0 Å². The van der Waals surface area contributed by atoms with Crippen LogP contribution in [0.5, 0.6) is 0 Å². The first-order chi connectivity index (χ1) is 9.81. The molecule has 0 amide bonds. The van der Waals surface area contributed by atoms with Gasteiger partial charge in [0.2, 0.25) is 0 Å². The van der Waals surface area contributed by atoms with Gasteiger partial charge in [0.25, 0.3) is 0 Å². The number of aromatic nitrogens is 2. The van der Waals surface area contributed by atoms with E-state index in [1.54, 1.807) is 0 Å². The summed E-state index contributed by atoms with van der Waals surface area (Å²) < 4.78 is 0. The molecule has 2 aromatic rings. The number of hydrogen-bond donors (Lipinski definition) is 0. The average molecular weight is 265 g/mol. The fraction of sp³-hybridized carbons (Fsp3) is 0.412. The third-order valence-electron chi connectivity index (χ3n) is 4.75. The number of hydrogen-bond acceptors (Lipinski definition) is 3. The highest BCUT2D eigenvalue weighted by Crippen LogP contribution is 2.40. The molecule has 2 atom stereocenters. The third-order valence-corrected chi connectivity index (χ3v) is 4.75. The molecule has 2 fully saturated rings. The van der Waals surface area contributed by atoms with Gasteiger partial charge in [0.15, 0.2) is 5.82 Å². The Morgan fingerprint density at radius 1 is 1.10 bits per heavy atom. The molecule has 4 rings (SSSR count). The van der Waals surface area contributed by atoms with E-state index < -0.39 is 0 Å². The van der Waals surface area contributed by atoms with Gasteiger partial charge in [-0.05, 0) is 43.7 Å². The summed E-state index contributed by atoms with van der Waals surface area (Å²) >= 11 is 0. The number of fused-ring (bicyclic) bond motifs is 2. The number of nitrogens with zero attached hydrogens (tertiary/aromatic N) is 3. The van der Waals surface area contributed by atoms with E-state index in [9.17, 15) is 0 Å². The minimum Gasteiger partial charge on any atom is -0.352 e. The Kier molecular flexibility index (Phi) is 2.72. The minimum atomic E-state index is 0.695. The highest BCUT2D eigenvalue weighted by atomic mass is 15.3. The summed E-state index contributed by atoms with van der Waals surface area (Å²) in [5.74, 6) is 1.94. The van der Waals surface area contributed by atoms with E-state index in [0.717, 1.165) is 24.0 Å². The molecular formula is C17H19N3. The van der Waals surface area contributed by atoms with Gasteiger partial charge in [-0.3, -0.25) is 0 Å². The van der Waals surface area contributed by atoms with E-state index in [-0.39, 0.29) is 0 Å². The predicted molar refractivity (Wildman–Crippen MR) is 80.7 cm³/mol. The van der Waals surface area contributed by atoms with Gasteiger partial charge in [-0.1, -0.05) is 30.3 Å². The highest BCUT2D eigenvalue weighted by molar-refractivity contribution is 5.68. The Morgan fingerprint density at radius 2 is 1.95 bits per heavy atom. The van der Waals surface area contributed by atoms with Gasteiger partial charge in [0, 0.05) is 18.2 Å². The van der Waals surface area contributed by atoms with Crippen molar-refractivity contribution in [2.24, 2.45) is 5.92 Å². The summed E-state index contributed by atoms with van der Waals surface area (Å²) in [6.45, 7) is 3.20. The first-order valence-corrected chi connectivity index (χ1v) is 7.47. The summed E-state index contributed by atoms with van der Waals surface area (Å²) in [6, 6.07) is 13.4. The van der Waals surface area contributed by atoms with Crippen LogP contribution in [0.15, 0.2) is 36.4 Å². The Hall–Kier alpha value is -1.90. The summed E-state index contributed by atoms with van der Waals surface area (Å²) in [7, 11) is 0. The molecule has 102 valence electrons. The van der Waals surface area contributed by atoms with Gasteiger partial charge in [-0.2, -0.15) is 5.10 Å². The zero-order valence-electron chi connectivity index (χ0n) is 11.8. The fourth-order valence-electron chi connectivity index (χ4n) is 3.70. The second kappa shape index (κ2) is 4.58. The molecule has 3 nitrogen and oxygen atoms in total. The Morgan fingerprint density at radius 3 is 2.65 bits per heavy atom. The van der Waals surface area contributed by atoms with Crippen LogP contribution in [-0.4, -0.2) is 22.8 Å². The van der Waals surface area contributed by atoms with Crippen LogP contribution in [0, 0.1) is 12.8 Å². The molecule has 3 heteroatoms. The molecule has 1 aliphatic heterocycles. The maximum Gasteiger partial charge on any atom is 0.152 e. The molecule has 2 aliphatic rings. The Balaban J connectivity index is 1.72. The molecule has 2 unspecified atom stereocenters. The molecular weight excluding hydrogens is 246 g/mol. The number of anilines is 1. The molecule has 1 aliphatic carbocycles. The van der Waals surface area contributed by atoms with Crippen molar-refractivity contribution in [2.45, 2.75) is 32.2 Å². The van der Waals surface area contributed by atoms with Crippen LogP contribution >= 0.6 is 0 Å². The molecule has 0 N–H and O–H groups in total. The van der Waals surface area contributed by atoms with E-state index >= 15 is 0 Å². The lowest BCUT2D eigenvalue weighted by Gasteiger charge is -2.28. The second-order valence-electron chi connectivity index (χ2n) is 6.05. The van der Waals surface area contributed by atoms with Crippen LogP contribution in [0.2, 0.25) is 0 Å². The molecule has 0 radical (unpaired) electrons. The minimum absolute atomic E-state index is 0.695. The maximum absolute atomic E-state index is 4.44. The van der Waals surface area contributed by atoms with Gasteiger partial charge in [0.1, 0.15) is 0 Å². The molecule has 2 heterocycles. The van der Waals surface area contributed by atoms with Gasteiger partial charge in [-0.15, -0.1) is 5.10 Å². The van der Waals surface area contributed by atoms with Crippen molar-refractivity contribution in [1.82, 2.24) is 10.2 Å². The zero-order valence-corrected chi connectivity index (χ0v) is 11.8. The van der Waals surface area contributed by atoms with Crippen LogP contribution in [-0.2, 0) is 0 Å². The molecule has 0 spiro atoms. The van der Waals surface area contributed by atoms with Crippen molar-refractivity contribution in [3.05, 3.63) is 42.1 Å². The summed E-state index contributed by atoms with van der Waals surface area (Å²) in [6.07, 6.45) is 4.06. The average Bonchev–Trinajstić information content (AvgIpc) is 3.11. The number of aryl methyl sites for hydroxylation is 1. The summed E-state index contributed by atoms with van der Waals surface area (Å²) in [5, 5.41) is 8.83. The lowest BCUT2D eigenvalue weighted by atomic mass is 10.0. The smallest absolute Gasteiger partial charge is 0.152 e. The zero-order chi connectivity index (χ0) is 13.5.